The zero-order chi connectivity index (χ0) is 17.2. The van der Waals surface area contributed by atoms with Gasteiger partial charge in [-0.25, -0.2) is 0 Å². The quantitative estimate of drug-likeness (QED) is 0.342. The lowest BCUT2D eigenvalue weighted by Crippen LogP contribution is -2.05. The maximum absolute atomic E-state index is 10.3. The van der Waals surface area contributed by atoms with Crippen molar-refractivity contribution in [3.8, 4) is 0 Å². The molecule has 0 radical (unpaired) electrons. The zero-order valence-corrected chi connectivity index (χ0v) is 14.4. The van der Waals surface area contributed by atoms with E-state index in [1.165, 1.54) is 25.7 Å². The second kappa shape index (κ2) is 16.8. The fraction of sp³-hybridized carbons (Fsp3) is 0.550. The Morgan fingerprint density at radius 1 is 0.913 bits per heavy atom. The molecule has 0 aliphatic heterocycles. The van der Waals surface area contributed by atoms with Crippen LogP contribution in [0.5, 0.6) is 0 Å². The third-order valence-electron chi connectivity index (χ3n) is 3.30. The molecule has 0 heterocycles. The van der Waals surface area contributed by atoms with E-state index in [1.807, 2.05) is 12.2 Å². The number of carbonyl (C=O) groups is 1. The van der Waals surface area contributed by atoms with E-state index in [2.05, 4.69) is 37.3 Å². The second-order valence-electron chi connectivity index (χ2n) is 5.55. The number of aliphatic hydroxyl groups is 1. The first kappa shape index (κ1) is 21.4. The summed E-state index contributed by atoms with van der Waals surface area (Å²) in [6.45, 7) is 2.22. The van der Waals surface area contributed by atoms with Crippen LogP contribution in [0.3, 0.4) is 0 Å². The van der Waals surface area contributed by atoms with Crippen molar-refractivity contribution < 1.29 is 15.0 Å². The summed E-state index contributed by atoms with van der Waals surface area (Å²) >= 11 is 0. The van der Waals surface area contributed by atoms with E-state index in [0.717, 1.165) is 19.3 Å². The van der Waals surface area contributed by atoms with Gasteiger partial charge in [-0.3, -0.25) is 4.79 Å². The first-order valence-corrected chi connectivity index (χ1v) is 8.68. The SMILES string of the molecule is CCCCCC=CCC=CCC=CCC=CC(O)CCC(=O)O. The summed E-state index contributed by atoms with van der Waals surface area (Å²) in [5, 5.41) is 18.0. The average molecular weight is 320 g/mol. The number of allylic oxidation sites excluding steroid dienone is 7. The third kappa shape index (κ3) is 18.3. The normalized spacial score (nSPS) is 13.8. The highest BCUT2D eigenvalue weighted by Crippen LogP contribution is 2.01. The molecule has 2 N–H and O–H groups in total. The molecule has 0 rings (SSSR count). The van der Waals surface area contributed by atoms with E-state index >= 15 is 0 Å². The maximum Gasteiger partial charge on any atom is 0.303 e. The van der Waals surface area contributed by atoms with Crippen LogP contribution in [-0.2, 0) is 4.79 Å². The molecule has 0 aliphatic rings. The number of rotatable bonds is 14. The Bertz CT molecular complexity index is 392. The van der Waals surface area contributed by atoms with Crippen LogP contribution in [0, 0.1) is 0 Å². The minimum atomic E-state index is -0.875. The number of hydrogen-bond donors (Lipinski definition) is 2. The van der Waals surface area contributed by atoms with Crippen LogP contribution in [0.1, 0.15) is 64.7 Å². The molecule has 3 nitrogen and oxygen atoms in total. The molecule has 0 fully saturated rings. The second-order valence-corrected chi connectivity index (χ2v) is 5.55. The predicted molar refractivity (Wildman–Crippen MR) is 97.4 cm³/mol. The summed E-state index contributed by atoms with van der Waals surface area (Å²) in [6.07, 6.45) is 23.8. The van der Waals surface area contributed by atoms with Gasteiger partial charge >= 0.3 is 5.97 Å². The molecule has 3 heteroatoms. The largest absolute Gasteiger partial charge is 0.481 e. The first-order valence-electron chi connectivity index (χ1n) is 8.68. The number of carboxylic acids is 1. The van der Waals surface area contributed by atoms with Crippen molar-refractivity contribution in [2.45, 2.75) is 70.8 Å². The van der Waals surface area contributed by atoms with Gasteiger partial charge in [0.2, 0.25) is 0 Å². The van der Waals surface area contributed by atoms with E-state index < -0.39 is 12.1 Å². The lowest BCUT2D eigenvalue weighted by atomic mass is 10.1. The number of aliphatic hydroxyl groups excluding tert-OH is 1. The lowest BCUT2D eigenvalue weighted by Gasteiger charge is -2.01. The van der Waals surface area contributed by atoms with Gasteiger partial charge in [0.15, 0.2) is 0 Å². The number of aliphatic carboxylic acids is 1. The predicted octanol–water partition coefficient (Wildman–Crippen LogP) is 5.19. The highest BCUT2D eigenvalue weighted by atomic mass is 16.4. The first-order chi connectivity index (χ1) is 11.2. The van der Waals surface area contributed by atoms with Gasteiger partial charge in [0.25, 0.3) is 0 Å². The molecule has 1 atom stereocenters. The third-order valence-corrected chi connectivity index (χ3v) is 3.30. The van der Waals surface area contributed by atoms with E-state index in [-0.39, 0.29) is 12.8 Å². The van der Waals surface area contributed by atoms with Crippen LogP contribution in [0.4, 0.5) is 0 Å². The molecule has 0 bridgehead atoms. The van der Waals surface area contributed by atoms with Crippen molar-refractivity contribution in [3.05, 3.63) is 48.6 Å². The molecule has 0 saturated heterocycles. The molecule has 0 saturated carbocycles. The molecule has 130 valence electrons. The summed E-state index contributed by atoms with van der Waals surface area (Å²) in [7, 11) is 0. The Kier molecular flexibility index (Phi) is 15.6. The molecule has 0 aromatic heterocycles. The van der Waals surface area contributed by atoms with Gasteiger partial charge < -0.3 is 10.2 Å². The van der Waals surface area contributed by atoms with Gasteiger partial charge in [-0.1, -0.05) is 68.4 Å². The van der Waals surface area contributed by atoms with Gasteiger partial charge in [-0.2, -0.15) is 0 Å². The van der Waals surface area contributed by atoms with Gasteiger partial charge in [-0.05, 0) is 38.5 Å². The molecule has 0 amide bonds. The molecule has 23 heavy (non-hydrogen) atoms. The summed E-state index contributed by atoms with van der Waals surface area (Å²) in [5.74, 6) is -0.875. The number of hydrogen-bond acceptors (Lipinski definition) is 2. The van der Waals surface area contributed by atoms with Crippen molar-refractivity contribution in [2.75, 3.05) is 0 Å². The molecular weight excluding hydrogens is 288 g/mol. The summed E-state index contributed by atoms with van der Waals surface area (Å²) in [6, 6.07) is 0. The fourth-order valence-corrected chi connectivity index (χ4v) is 1.95. The van der Waals surface area contributed by atoms with Gasteiger partial charge in [0.05, 0.1) is 6.10 Å². The number of unbranched alkanes of at least 4 members (excludes halogenated alkanes) is 3. The highest BCUT2D eigenvalue weighted by Gasteiger charge is 2.02. The van der Waals surface area contributed by atoms with E-state index in [4.69, 9.17) is 5.11 Å². The summed E-state index contributed by atoms with van der Waals surface area (Å²) < 4.78 is 0. The van der Waals surface area contributed by atoms with Gasteiger partial charge in [-0.15, -0.1) is 0 Å². The topological polar surface area (TPSA) is 57.5 Å². The Hall–Kier alpha value is -1.61. The molecule has 0 aromatic rings. The maximum atomic E-state index is 10.3. The van der Waals surface area contributed by atoms with Crippen LogP contribution >= 0.6 is 0 Å². The van der Waals surface area contributed by atoms with Crippen LogP contribution in [0.15, 0.2) is 48.6 Å². The van der Waals surface area contributed by atoms with Crippen LogP contribution in [0.25, 0.3) is 0 Å². The fourth-order valence-electron chi connectivity index (χ4n) is 1.95. The van der Waals surface area contributed by atoms with Crippen LogP contribution in [0.2, 0.25) is 0 Å². The standard InChI is InChI=1S/C20H32O3/c1-2-3-4-5-6-7-8-9-10-11-12-13-14-15-16-19(21)17-18-20(22)23/h6-7,9-10,12-13,15-16,19,21H,2-5,8,11,14,17-18H2,1H3,(H,22,23). The monoisotopic (exact) mass is 320 g/mol. The van der Waals surface area contributed by atoms with Crippen molar-refractivity contribution >= 4 is 5.97 Å². The molecule has 0 aliphatic carbocycles. The molecule has 0 spiro atoms. The smallest absolute Gasteiger partial charge is 0.303 e. The van der Waals surface area contributed by atoms with Crippen molar-refractivity contribution in [1.29, 1.82) is 0 Å². The zero-order valence-electron chi connectivity index (χ0n) is 14.4. The minimum absolute atomic E-state index is 0.000803. The van der Waals surface area contributed by atoms with Crippen LogP contribution < -0.4 is 0 Å². The Balaban J connectivity index is 3.55. The molecule has 0 aromatic carbocycles. The molecule has 1 unspecified atom stereocenters. The van der Waals surface area contributed by atoms with Crippen molar-refractivity contribution in [3.63, 3.8) is 0 Å². The van der Waals surface area contributed by atoms with Gasteiger partial charge in [0, 0.05) is 6.42 Å². The van der Waals surface area contributed by atoms with E-state index in [1.54, 1.807) is 6.08 Å². The minimum Gasteiger partial charge on any atom is -0.481 e. The Morgan fingerprint density at radius 2 is 1.48 bits per heavy atom. The van der Waals surface area contributed by atoms with Crippen LogP contribution in [-0.4, -0.2) is 22.3 Å². The van der Waals surface area contributed by atoms with Crippen molar-refractivity contribution in [1.82, 2.24) is 0 Å². The van der Waals surface area contributed by atoms with E-state index in [9.17, 15) is 9.90 Å². The van der Waals surface area contributed by atoms with Crippen molar-refractivity contribution in [2.24, 2.45) is 0 Å². The average Bonchev–Trinajstić information content (AvgIpc) is 2.53. The highest BCUT2D eigenvalue weighted by molar-refractivity contribution is 5.66. The lowest BCUT2D eigenvalue weighted by molar-refractivity contribution is -0.137. The number of carboxylic acid groups (broad SMARTS) is 1. The van der Waals surface area contributed by atoms with Gasteiger partial charge in [0.1, 0.15) is 0 Å². The Morgan fingerprint density at radius 3 is 2.04 bits per heavy atom. The molecular formula is C20H32O3. The van der Waals surface area contributed by atoms with E-state index in [0.29, 0.717) is 0 Å². The summed E-state index contributed by atoms with van der Waals surface area (Å²) in [4.78, 5) is 10.3. The Labute approximate surface area is 141 Å². The summed E-state index contributed by atoms with van der Waals surface area (Å²) in [5.41, 5.74) is 0.